The maximum Gasteiger partial charge on any atom is 0.0897 e. The van der Waals surface area contributed by atoms with E-state index in [1.165, 1.54) is 42.8 Å². The summed E-state index contributed by atoms with van der Waals surface area (Å²) < 4.78 is 0. The topological polar surface area (TPSA) is 24.9 Å². The number of nitrogens with zero attached hydrogens (tertiary/aromatic N) is 1. The molecule has 1 saturated carbocycles. The van der Waals surface area contributed by atoms with E-state index < -0.39 is 0 Å². The fourth-order valence-corrected chi connectivity index (χ4v) is 2.85. The first-order valence-corrected chi connectivity index (χ1v) is 7.80. The number of hydrogen-bond donors (Lipinski definition) is 1. The first-order chi connectivity index (χ1) is 8.28. The van der Waals surface area contributed by atoms with Crippen molar-refractivity contribution in [3.8, 4) is 0 Å². The molecule has 1 aromatic rings. The maximum absolute atomic E-state index is 4.58. The van der Waals surface area contributed by atoms with Crippen LogP contribution in [0.1, 0.15) is 49.7 Å². The average Bonchev–Trinajstić information content (AvgIpc) is 3.06. The van der Waals surface area contributed by atoms with Gasteiger partial charge in [0.2, 0.25) is 0 Å². The molecule has 1 unspecified atom stereocenters. The molecule has 96 valence electrons. The molecule has 2 rings (SSSR count). The SMILES string of the molecule is CCCNC(CCC1CC1)Cc1csc(C)n1. The second kappa shape index (κ2) is 6.50. The first-order valence-electron chi connectivity index (χ1n) is 6.92. The van der Waals surface area contributed by atoms with E-state index in [4.69, 9.17) is 0 Å². The third kappa shape index (κ3) is 4.76. The van der Waals surface area contributed by atoms with Crippen molar-refractivity contribution in [3.63, 3.8) is 0 Å². The fourth-order valence-electron chi connectivity index (χ4n) is 2.22. The Kier molecular flexibility index (Phi) is 4.99. The summed E-state index contributed by atoms with van der Waals surface area (Å²) in [4.78, 5) is 4.58. The van der Waals surface area contributed by atoms with Crippen molar-refractivity contribution in [2.75, 3.05) is 6.54 Å². The summed E-state index contributed by atoms with van der Waals surface area (Å²) in [7, 11) is 0. The van der Waals surface area contributed by atoms with Gasteiger partial charge in [0.1, 0.15) is 0 Å². The van der Waals surface area contributed by atoms with Crippen molar-refractivity contribution in [1.29, 1.82) is 0 Å². The lowest BCUT2D eigenvalue weighted by atomic mass is 10.0. The highest BCUT2D eigenvalue weighted by atomic mass is 32.1. The molecule has 1 aliphatic carbocycles. The van der Waals surface area contributed by atoms with Gasteiger partial charge in [-0.15, -0.1) is 11.3 Å². The minimum Gasteiger partial charge on any atom is -0.314 e. The van der Waals surface area contributed by atoms with Gasteiger partial charge in [0.05, 0.1) is 10.7 Å². The van der Waals surface area contributed by atoms with E-state index in [2.05, 4.69) is 29.5 Å². The second-order valence-corrected chi connectivity index (χ2v) is 6.30. The van der Waals surface area contributed by atoms with Gasteiger partial charge in [-0.1, -0.05) is 19.8 Å². The van der Waals surface area contributed by atoms with Crippen LogP contribution < -0.4 is 5.32 Å². The molecule has 1 N–H and O–H groups in total. The Morgan fingerprint density at radius 1 is 1.53 bits per heavy atom. The third-order valence-electron chi connectivity index (χ3n) is 3.43. The van der Waals surface area contributed by atoms with Crippen molar-refractivity contribution in [3.05, 3.63) is 16.1 Å². The molecule has 17 heavy (non-hydrogen) atoms. The van der Waals surface area contributed by atoms with Crippen LogP contribution in [0.4, 0.5) is 0 Å². The number of thiazole rings is 1. The van der Waals surface area contributed by atoms with Crippen LogP contribution >= 0.6 is 11.3 Å². The quantitative estimate of drug-likeness (QED) is 0.765. The van der Waals surface area contributed by atoms with Gasteiger partial charge in [-0.25, -0.2) is 4.98 Å². The molecule has 1 aliphatic rings. The summed E-state index contributed by atoms with van der Waals surface area (Å²) in [5.74, 6) is 1.04. The van der Waals surface area contributed by atoms with Gasteiger partial charge in [-0.05, 0) is 38.6 Å². The van der Waals surface area contributed by atoms with E-state index in [1.807, 2.05) is 0 Å². The lowest BCUT2D eigenvalue weighted by Crippen LogP contribution is -2.32. The summed E-state index contributed by atoms with van der Waals surface area (Å²) >= 11 is 1.77. The van der Waals surface area contributed by atoms with Crippen LogP contribution in [-0.2, 0) is 6.42 Å². The Balaban J connectivity index is 1.79. The number of aryl methyl sites for hydroxylation is 1. The number of hydrogen-bond acceptors (Lipinski definition) is 3. The Morgan fingerprint density at radius 2 is 2.35 bits per heavy atom. The predicted octanol–water partition coefficient (Wildman–Crippen LogP) is 3.55. The van der Waals surface area contributed by atoms with Crippen LogP contribution in [-0.4, -0.2) is 17.6 Å². The van der Waals surface area contributed by atoms with Crippen LogP contribution in [0.3, 0.4) is 0 Å². The first kappa shape index (κ1) is 13.0. The zero-order valence-corrected chi connectivity index (χ0v) is 11.9. The zero-order chi connectivity index (χ0) is 12.1. The molecule has 1 aromatic heterocycles. The Labute approximate surface area is 109 Å². The monoisotopic (exact) mass is 252 g/mol. The van der Waals surface area contributed by atoms with Gasteiger partial charge in [0.25, 0.3) is 0 Å². The van der Waals surface area contributed by atoms with E-state index in [0.717, 1.165) is 18.9 Å². The largest absolute Gasteiger partial charge is 0.314 e. The van der Waals surface area contributed by atoms with Crippen molar-refractivity contribution in [2.45, 2.75) is 58.4 Å². The Hall–Kier alpha value is -0.410. The van der Waals surface area contributed by atoms with Crippen LogP contribution in [0, 0.1) is 12.8 Å². The van der Waals surface area contributed by atoms with Gasteiger partial charge >= 0.3 is 0 Å². The normalized spacial score (nSPS) is 17.3. The van der Waals surface area contributed by atoms with Gasteiger partial charge < -0.3 is 5.32 Å². The summed E-state index contributed by atoms with van der Waals surface area (Å²) in [5, 5.41) is 7.08. The fraction of sp³-hybridized carbons (Fsp3) is 0.786. The summed E-state index contributed by atoms with van der Waals surface area (Å²) in [6.07, 6.45) is 7.99. The Morgan fingerprint density at radius 3 is 2.94 bits per heavy atom. The second-order valence-electron chi connectivity index (χ2n) is 5.23. The van der Waals surface area contributed by atoms with Crippen LogP contribution in [0.25, 0.3) is 0 Å². The highest BCUT2D eigenvalue weighted by molar-refractivity contribution is 7.09. The molecule has 3 heteroatoms. The molecule has 0 spiro atoms. The van der Waals surface area contributed by atoms with Crippen LogP contribution in [0.5, 0.6) is 0 Å². The zero-order valence-electron chi connectivity index (χ0n) is 11.0. The van der Waals surface area contributed by atoms with Gasteiger partial charge in [-0.2, -0.15) is 0 Å². The van der Waals surface area contributed by atoms with E-state index >= 15 is 0 Å². The summed E-state index contributed by atoms with van der Waals surface area (Å²) in [5.41, 5.74) is 1.27. The van der Waals surface area contributed by atoms with Crippen LogP contribution in [0.2, 0.25) is 0 Å². The van der Waals surface area contributed by atoms with Crippen molar-refractivity contribution in [1.82, 2.24) is 10.3 Å². The summed E-state index contributed by atoms with van der Waals surface area (Å²) in [6.45, 7) is 5.46. The number of nitrogens with one attached hydrogen (secondary N) is 1. The van der Waals surface area contributed by atoms with Gasteiger partial charge in [-0.3, -0.25) is 0 Å². The molecular weight excluding hydrogens is 228 g/mol. The molecule has 0 amide bonds. The van der Waals surface area contributed by atoms with E-state index in [1.54, 1.807) is 11.3 Å². The molecule has 1 atom stereocenters. The third-order valence-corrected chi connectivity index (χ3v) is 4.25. The molecule has 1 fully saturated rings. The van der Waals surface area contributed by atoms with Crippen molar-refractivity contribution in [2.24, 2.45) is 5.92 Å². The minimum atomic E-state index is 0.636. The van der Waals surface area contributed by atoms with Crippen molar-refractivity contribution >= 4 is 11.3 Å². The summed E-state index contributed by atoms with van der Waals surface area (Å²) in [6, 6.07) is 0.636. The molecule has 0 bridgehead atoms. The maximum atomic E-state index is 4.58. The molecule has 0 aliphatic heterocycles. The number of aromatic nitrogens is 1. The number of rotatable bonds is 8. The lowest BCUT2D eigenvalue weighted by molar-refractivity contribution is 0.449. The molecule has 1 heterocycles. The Bertz CT molecular complexity index is 331. The molecule has 0 radical (unpaired) electrons. The molecule has 2 nitrogen and oxygen atoms in total. The molecule has 0 aromatic carbocycles. The van der Waals surface area contributed by atoms with Crippen molar-refractivity contribution < 1.29 is 0 Å². The predicted molar refractivity (Wildman–Crippen MR) is 74.6 cm³/mol. The standard InChI is InChI=1S/C14H24N2S/c1-3-8-15-13(7-6-12-4-5-12)9-14-10-17-11(2)16-14/h10,12-13,15H,3-9H2,1-2H3. The highest BCUT2D eigenvalue weighted by Gasteiger charge is 2.22. The van der Waals surface area contributed by atoms with Crippen LogP contribution in [0.15, 0.2) is 5.38 Å². The molecule has 0 saturated heterocycles. The van der Waals surface area contributed by atoms with Gasteiger partial charge in [0.15, 0.2) is 0 Å². The lowest BCUT2D eigenvalue weighted by Gasteiger charge is -2.17. The smallest absolute Gasteiger partial charge is 0.0897 e. The minimum absolute atomic E-state index is 0.636. The highest BCUT2D eigenvalue weighted by Crippen LogP contribution is 2.34. The van der Waals surface area contributed by atoms with E-state index in [9.17, 15) is 0 Å². The van der Waals surface area contributed by atoms with E-state index in [0.29, 0.717) is 6.04 Å². The van der Waals surface area contributed by atoms with Gasteiger partial charge in [0, 0.05) is 17.8 Å². The van der Waals surface area contributed by atoms with E-state index in [-0.39, 0.29) is 0 Å². The average molecular weight is 252 g/mol. The molecular formula is C14H24N2S.